The van der Waals surface area contributed by atoms with Crippen molar-refractivity contribution in [3.63, 3.8) is 0 Å². The van der Waals surface area contributed by atoms with Crippen LogP contribution in [0.3, 0.4) is 0 Å². The molecule has 0 amide bonds. The number of rotatable bonds is 8. The zero-order valence-corrected chi connectivity index (χ0v) is 19.0. The topological polar surface area (TPSA) is 29.0 Å². The summed E-state index contributed by atoms with van der Waals surface area (Å²) in [6.45, 7) is 15.2. The maximum atomic E-state index is 4.92. The van der Waals surface area contributed by atoms with Gasteiger partial charge in [0.25, 0.3) is 0 Å². The number of hydrogen-bond acceptors (Lipinski definition) is 3. The summed E-state index contributed by atoms with van der Waals surface area (Å²) in [4.78, 5) is 12.3. The molecule has 3 heteroatoms. The standard InChI is InChI=1S/C26H35N3/c1-7-9-14-29(15-10-8-2)26-23-13-11-12-22(25(23)27-21(6)28-26)24-19(4)16-18(3)17-20(24)5/h11-13,16-17H,7-10,14-15H2,1-6H3. The average Bonchev–Trinajstić information content (AvgIpc) is 2.67. The molecule has 0 saturated carbocycles. The Hall–Kier alpha value is -2.42. The van der Waals surface area contributed by atoms with Gasteiger partial charge in [0.05, 0.1) is 5.52 Å². The number of nitrogens with zero attached hydrogens (tertiary/aromatic N) is 3. The van der Waals surface area contributed by atoms with Crippen molar-refractivity contribution >= 4 is 16.7 Å². The van der Waals surface area contributed by atoms with Crippen molar-refractivity contribution in [3.05, 3.63) is 52.8 Å². The van der Waals surface area contributed by atoms with Crippen LogP contribution < -0.4 is 4.90 Å². The molecule has 0 unspecified atom stereocenters. The lowest BCUT2D eigenvalue weighted by atomic mass is 9.92. The van der Waals surface area contributed by atoms with E-state index in [1.165, 1.54) is 58.9 Å². The fraction of sp³-hybridized carbons (Fsp3) is 0.462. The summed E-state index contributed by atoms with van der Waals surface area (Å²) in [6.07, 6.45) is 4.75. The van der Waals surface area contributed by atoms with Crippen LogP contribution in [0, 0.1) is 27.7 Å². The molecule has 1 heterocycles. The van der Waals surface area contributed by atoms with Gasteiger partial charge in [0, 0.05) is 24.0 Å². The van der Waals surface area contributed by atoms with Gasteiger partial charge < -0.3 is 4.90 Å². The average molecular weight is 390 g/mol. The molecule has 0 radical (unpaired) electrons. The minimum absolute atomic E-state index is 0.848. The van der Waals surface area contributed by atoms with Crippen LogP contribution in [-0.2, 0) is 0 Å². The van der Waals surface area contributed by atoms with Crippen molar-refractivity contribution in [1.29, 1.82) is 0 Å². The summed E-state index contributed by atoms with van der Waals surface area (Å²) in [5.41, 5.74) is 7.52. The first kappa shape index (κ1) is 21.3. The molecule has 2 aromatic carbocycles. The first-order chi connectivity index (χ1) is 14.0. The van der Waals surface area contributed by atoms with Crippen LogP contribution in [-0.4, -0.2) is 23.1 Å². The molecule has 0 spiro atoms. The predicted octanol–water partition coefficient (Wildman–Crippen LogP) is 6.94. The summed E-state index contributed by atoms with van der Waals surface area (Å²) >= 11 is 0. The maximum Gasteiger partial charge on any atom is 0.140 e. The Labute approximate surface area is 176 Å². The van der Waals surface area contributed by atoms with Crippen molar-refractivity contribution in [2.24, 2.45) is 0 Å². The predicted molar refractivity (Wildman–Crippen MR) is 126 cm³/mol. The molecule has 0 N–H and O–H groups in total. The molecule has 0 saturated heterocycles. The molecule has 3 aromatic rings. The summed E-state index contributed by atoms with van der Waals surface area (Å²) in [6, 6.07) is 11.1. The van der Waals surface area contributed by atoms with E-state index >= 15 is 0 Å². The Morgan fingerprint density at radius 2 is 1.45 bits per heavy atom. The first-order valence-corrected chi connectivity index (χ1v) is 11.1. The summed E-state index contributed by atoms with van der Waals surface area (Å²) < 4.78 is 0. The first-order valence-electron chi connectivity index (χ1n) is 11.1. The van der Waals surface area contributed by atoms with Crippen LogP contribution in [0.4, 0.5) is 5.82 Å². The van der Waals surface area contributed by atoms with Gasteiger partial charge in [-0.3, -0.25) is 0 Å². The van der Waals surface area contributed by atoms with Crippen LogP contribution in [0.25, 0.3) is 22.0 Å². The molecule has 0 atom stereocenters. The third kappa shape index (κ3) is 4.60. The highest BCUT2D eigenvalue weighted by Gasteiger charge is 2.17. The molecule has 0 aliphatic heterocycles. The van der Waals surface area contributed by atoms with Crippen LogP contribution in [0.5, 0.6) is 0 Å². The van der Waals surface area contributed by atoms with Gasteiger partial charge in [0.1, 0.15) is 11.6 Å². The van der Waals surface area contributed by atoms with Crippen molar-refractivity contribution in [3.8, 4) is 11.1 Å². The number of unbranched alkanes of at least 4 members (excludes halogenated alkanes) is 2. The van der Waals surface area contributed by atoms with Crippen LogP contribution >= 0.6 is 0 Å². The number of hydrogen-bond donors (Lipinski definition) is 0. The third-order valence-electron chi connectivity index (χ3n) is 5.63. The maximum absolute atomic E-state index is 4.92. The SMILES string of the molecule is CCCCN(CCCC)c1nc(C)nc2c(-c3c(C)cc(C)cc3C)cccc12. The lowest BCUT2D eigenvalue weighted by Crippen LogP contribution is -2.27. The van der Waals surface area contributed by atoms with Gasteiger partial charge in [-0.25, -0.2) is 9.97 Å². The van der Waals surface area contributed by atoms with Gasteiger partial charge in [-0.05, 0) is 63.3 Å². The van der Waals surface area contributed by atoms with Crippen LogP contribution in [0.15, 0.2) is 30.3 Å². The Bertz CT molecular complexity index is 960. The van der Waals surface area contributed by atoms with E-state index < -0.39 is 0 Å². The highest BCUT2D eigenvalue weighted by Crippen LogP contribution is 2.36. The molecule has 3 rings (SSSR count). The van der Waals surface area contributed by atoms with Crippen molar-refractivity contribution in [2.75, 3.05) is 18.0 Å². The summed E-state index contributed by atoms with van der Waals surface area (Å²) in [5, 5.41) is 1.17. The lowest BCUT2D eigenvalue weighted by molar-refractivity contribution is 0.672. The van der Waals surface area contributed by atoms with Gasteiger partial charge in [0.15, 0.2) is 0 Å². The van der Waals surface area contributed by atoms with Gasteiger partial charge in [0.2, 0.25) is 0 Å². The van der Waals surface area contributed by atoms with E-state index in [0.29, 0.717) is 0 Å². The van der Waals surface area contributed by atoms with Gasteiger partial charge in [-0.15, -0.1) is 0 Å². The normalized spacial score (nSPS) is 11.2. The van der Waals surface area contributed by atoms with E-state index in [1.54, 1.807) is 0 Å². The number of para-hydroxylation sites is 1. The second-order valence-electron chi connectivity index (χ2n) is 8.26. The molecule has 1 aromatic heterocycles. The Balaban J connectivity index is 2.22. The summed E-state index contributed by atoms with van der Waals surface area (Å²) in [7, 11) is 0. The Kier molecular flexibility index (Phi) is 6.89. The molecule has 0 bridgehead atoms. The summed E-state index contributed by atoms with van der Waals surface area (Å²) in [5.74, 6) is 1.94. The van der Waals surface area contributed by atoms with E-state index in [2.05, 4.69) is 69.9 Å². The van der Waals surface area contributed by atoms with Crippen molar-refractivity contribution in [2.45, 2.75) is 67.2 Å². The van der Waals surface area contributed by atoms with E-state index in [1.807, 2.05) is 6.92 Å². The van der Waals surface area contributed by atoms with Gasteiger partial charge in [-0.1, -0.05) is 56.5 Å². The van der Waals surface area contributed by atoms with Crippen molar-refractivity contribution < 1.29 is 0 Å². The van der Waals surface area contributed by atoms with E-state index in [-0.39, 0.29) is 0 Å². The number of aryl methyl sites for hydroxylation is 4. The van der Waals surface area contributed by atoms with E-state index in [9.17, 15) is 0 Å². The number of benzene rings is 2. The minimum Gasteiger partial charge on any atom is -0.356 e. The molecular formula is C26H35N3. The quantitative estimate of drug-likeness (QED) is 0.418. The zero-order chi connectivity index (χ0) is 21.0. The molecule has 29 heavy (non-hydrogen) atoms. The Morgan fingerprint density at radius 3 is 2.03 bits per heavy atom. The minimum atomic E-state index is 0.848. The highest BCUT2D eigenvalue weighted by molar-refractivity contribution is 6.00. The van der Waals surface area contributed by atoms with Crippen LogP contribution in [0.1, 0.15) is 62.0 Å². The molecular weight excluding hydrogens is 354 g/mol. The zero-order valence-electron chi connectivity index (χ0n) is 19.0. The molecule has 154 valence electrons. The Morgan fingerprint density at radius 1 is 0.828 bits per heavy atom. The molecule has 0 fully saturated rings. The largest absolute Gasteiger partial charge is 0.356 e. The number of aromatic nitrogens is 2. The fourth-order valence-corrected chi connectivity index (χ4v) is 4.31. The van der Waals surface area contributed by atoms with E-state index in [4.69, 9.17) is 9.97 Å². The smallest absolute Gasteiger partial charge is 0.140 e. The third-order valence-corrected chi connectivity index (χ3v) is 5.63. The number of anilines is 1. The second-order valence-corrected chi connectivity index (χ2v) is 8.26. The van der Waals surface area contributed by atoms with Gasteiger partial charge in [-0.2, -0.15) is 0 Å². The van der Waals surface area contributed by atoms with Gasteiger partial charge >= 0.3 is 0 Å². The van der Waals surface area contributed by atoms with E-state index in [0.717, 1.165) is 30.2 Å². The molecule has 0 aliphatic rings. The van der Waals surface area contributed by atoms with Crippen molar-refractivity contribution in [1.82, 2.24) is 9.97 Å². The number of fused-ring (bicyclic) bond motifs is 1. The lowest BCUT2D eigenvalue weighted by Gasteiger charge is -2.25. The molecule has 0 aliphatic carbocycles. The van der Waals surface area contributed by atoms with Crippen LogP contribution in [0.2, 0.25) is 0 Å². The highest BCUT2D eigenvalue weighted by atomic mass is 15.2. The second kappa shape index (κ2) is 9.39. The monoisotopic (exact) mass is 389 g/mol. The fourth-order valence-electron chi connectivity index (χ4n) is 4.31. The molecule has 3 nitrogen and oxygen atoms in total.